The van der Waals surface area contributed by atoms with E-state index in [9.17, 15) is 18.0 Å². The van der Waals surface area contributed by atoms with Gasteiger partial charge in [-0.25, -0.2) is 8.42 Å². The summed E-state index contributed by atoms with van der Waals surface area (Å²) in [5.41, 5.74) is 0.856. The highest BCUT2D eigenvalue weighted by Crippen LogP contribution is 2.33. The van der Waals surface area contributed by atoms with Crippen LogP contribution < -0.4 is 9.46 Å². The number of carbonyl (C=O) groups is 2. The van der Waals surface area contributed by atoms with E-state index in [-0.39, 0.29) is 16.0 Å². The number of carbonyl (C=O) groups excluding carboxylic acids is 2. The molecule has 33 heavy (non-hydrogen) atoms. The highest BCUT2D eigenvalue weighted by atomic mass is 32.2. The number of piperidine rings is 1. The second kappa shape index (κ2) is 9.82. The second-order valence-corrected chi connectivity index (χ2v) is 11.4. The van der Waals surface area contributed by atoms with Crippen LogP contribution in [-0.2, 0) is 19.6 Å². The highest BCUT2D eigenvalue weighted by Gasteiger charge is 2.40. The van der Waals surface area contributed by atoms with E-state index in [0.29, 0.717) is 18.7 Å². The molecular formula is C23H29N3O5S2. The number of hydrogen-bond donors (Lipinski definition) is 1. The van der Waals surface area contributed by atoms with E-state index in [2.05, 4.69) is 4.72 Å². The Kier molecular flexibility index (Phi) is 7.06. The maximum atomic E-state index is 13.0. The number of amides is 2. The number of ether oxygens (including phenoxy) is 1. The topological polar surface area (TPSA) is 96.0 Å². The second-order valence-electron chi connectivity index (χ2n) is 8.41. The minimum Gasteiger partial charge on any atom is -0.497 e. The molecule has 3 heterocycles. The van der Waals surface area contributed by atoms with Crippen LogP contribution in [-0.4, -0.2) is 68.9 Å². The zero-order chi connectivity index (χ0) is 23.6. The fourth-order valence-corrected chi connectivity index (χ4v) is 6.89. The molecule has 178 valence electrons. The Morgan fingerprint density at radius 1 is 1.15 bits per heavy atom. The van der Waals surface area contributed by atoms with Crippen LogP contribution in [0.5, 0.6) is 5.75 Å². The molecule has 0 spiro atoms. The number of sulfonamides is 1. The first kappa shape index (κ1) is 23.7. The van der Waals surface area contributed by atoms with Crippen molar-refractivity contribution < 1.29 is 22.7 Å². The molecule has 1 aromatic carbocycles. The van der Waals surface area contributed by atoms with Gasteiger partial charge < -0.3 is 14.5 Å². The van der Waals surface area contributed by atoms with Gasteiger partial charge in [-0.15, -0.1) is 11.3 Å². The molecule has 1 N–H and O–H groups in total. The summed E-state index contributed by atoms with van der Waals surface area (Å²) in [6.45, 7) is 3.52. The van der Waals surface area contributed by atoms with Crippen molar-refractivity contribution in [3.8, 4) is 16.2 Å². The van der Waals surface area contributed by atoms with Crippen molar-refractivity contribution >= 4 is 33.2 Å². The smallest absolute Gasteiger partial charge is 0.250 e. The lowest BCUT2D eigenvalue weighted by Crippen LogP contribution is -2.51. The molecule has 8 nitrogen and oxygen atoms in total. The van der Waals surface area contributed by atoms with Gasteiger partial charge in [0.15, 0.2) is 0 Å². The van der Waals surface area contributed by atoms with Crippen LogP contribution in [0, 0.1) is 0 Å². The predicted molar refractivity (Wildman–Crippen MR) is 127 cm³/mol. The van der Waals surface area contributed by atoms with Gasteiger partial charge in [-0.05, 0) is 62.4 Å². The van der Waals surface area contributed by atoms with E-state index in [4.69, 9.17) is 4.74 Å². The number of benzene rings is 1. The lowest BCUT2D eigenvalue weighted by Gasteiger charge is -2.32. The van der Waals surface area contributed by atoms with E-state index >= 15 is 0 Å². The number of nitrogens with zero attached hydrogens (tertiary/aromatic N) is 2. The molecule has 2 atom stereocenters. The molecule has 0 bridgehead atoms. The van der Waals surface area contributed by atoms with E-state index in [1.807, 2.05) is 29.2 Å². The zero-order valence-corrected chi connectivity index (χ0v) is 20.5. The Hall–Kier alpha value is -2.43. The third-order valence-corrected chi connectivity index (χ3v) is 9.33. The van der Waals surface area contributed by atoms with E-state index in [1.165, 1.54) is 4.90 Å². The first-order valence-corrected chi connectivity index (χ1v) is 13.5. The molecule has 2 aliphatic rings. The zero-order valence-electron chi connectivity index (χ0n) is 18.8. The molecule has 1 aromatic heterocycles. The van der Waals surface area contributed by atoms with Gasteiger partial charge in [0.25, 0.3) is 10.0 Å². The van der Waals surface area contributed by atoms with Crippen molar-refractivity contribution in [3.63, 3.8) is 0 Å². The van der Waals surface area contributed by atoms with E-state index in [1.54, 1.807) is 26.2 Å². The Morgan fingerprint density at radius 3 is 2.64 bits per heavy atom. The fourth-order valence-electron chi connectivity index (χ4n) is 4.35. The van der Waals surface area contributed by atoms with Gasteiger partial charge in [-0.3, -0.25) is 9.59 Å². The molecule has 2 aliphatic heterocycles. The van der Waals surface area contributed by atoms with Gasteiger partial charge in [0.2, 0.25) is 11.8 Å². The number of thiophene rings is 1. The summed E-state index contributed by atoms with van der Waals surface area (Å²) in [5, 5.41) is 0. The normalized spacial score (nSPS) is 20.2. The first-order chi connectivity index (χ1) is 15.8. The Bertz CT molecular complexity index is 1120. The average Bonchev–Trinajstić information content (AvgIpc) is 3.47. The summed E-state index contributed by atoms with van der Waals surface area (Å²) in [6.07, 6.45) is 3.41. The van der Waals surface area contributed by atoms with Crippen molar-refractivity contribution in [2.24, 2.45) is 0 Å². The van der Waals surface area contributed by atoms with Crippen LogP contribution in [0.4, 0.5) is 0 Å². The summed E-state index contributed by atoms with van der Waals surface area (Å²) in [4.78, 5) is 29.9. The summed E-state index contributed by atoms with van der Waals surface area (Å²) in [7, 11) is -2.30. The Labute approximate surface area is 198 Å². The Morgan fingerprint density at radius 2 is 1.91 bits per heavy atom. The minimum atomic E-state index is -3.87. The molecular weight excluding hydrogens is 462 g/mol. The summed E-state index contributed by atoms with van der Waals surface area (Å²) < 4.78 is 33.9. The number of hydrogen-bond acceptors (Lipinski definition) is 6. The molecule has 10 heteroatoms. The highest BCUT2D eigenvalue weighted by molar-refractivity contribution is 7.91. The molecule has 2 aromatic rings. The van der Waals surface area contributed by atoms with Crippen LogP contribution >= 0.6 is 11.3 Å². The van der Waals surface area contributed by atoms with Crippen LogP contribution in [0.15, 0.2) is 40.6 Å². The monoisotopic (exact) mass is 491 g/mol. The minimum absolute atomic E-state index is 0.0623. The van der Waals surface area contributed by atoms with Gasteiger partial charge in [0, 0.05) is 24.5 Å². The predicted octanol–water partition coefficient (Wildman–Crippen LogP) is 2.70. The van der Waals surface area contributed by atoms with Gasteiger partial charge in [-0.1, -0.05) is 12.1 Å². The summed E-state index contributed by atoms with van der Waals surface area (Å²) in [5.74, 6) is 0.280. The molecule has 2 fully saturated rings. The summed E-state index contributed by atoms with van der Waals surface area (Å²) in [6, 6.07) is 9.23. The van der Waals surface area contributed by atoms with Crippen molar-refractivity contribution in [3.05, 3.63) is 36.4 Å². The molecule has 0 radical (unpaired) electrons. The van der Waals surface area contributed by atoms with Gasteiger partial charge in [-0.2, -0.15) is 4.72 Å². The molecule has 0 saturated carbocycles. The SMILES string of the molecule is COc1cccc(-c2ccc(S(=O)(=O)NC3CCN([C@@H](C)C(=O)N4CCCCC4)C3=O)s2)c1. The number of nitrogens with one attached hydrogen (secondary N) is 1. The van der Waals surface area contributed by atoms with Gasteiger partial charge in [0.05, 0.1) is 7.11 Å². The van der Waals surface area contributed by atoms with Crippen molar-refractivity contribution in [2.75, 3.05) is 26.7 Å². The number of rotatable bonds is 7. The standard InChI is InChI=1S/C23H29N3O5S2/c1-16(22(27)25-12-4-3-5-13-25)26-14-11-19(23(26)28)24-33(29,30)21-10-9-20(32-21)17-7-6-8-18(15-17)31-2/h6-10,15-16,19,24H,3-5,11-14H2,1-2H3/t16-,19?/m0/s1. The average molecular weight is 492 g/mol. The van der Waals surface area contributed by atoms with Crippen molar-refractivity contribution in [1.82, 2.24) is 14.5 Å². The van der Waals surface area contributed by atoms with Crippen molar-refractivity contribution in [1.29, 1.82) is 0 Å². The quantitative estimate of drug-likeness (QED) is 0.643. The molecule has 0 aliphatic carbocycles. The van der Waals surface area contributed by atoms with Gasteiger partial charge >= 0.3 is 0 Å². The third kappa shape index (κ3) is 5.07. The lowest BCUT2D eigenvalue weighted by atomic mass is 10.1. The molecule has 2 saturated heterocycles. The lowest BCUT2D eigenvalue weighted by molar-refractivity contribution is -0.143. The largest absolute Gasteiger partial charge is 0.497 e. The van der Waals surface area contributed by atoms with Crippen LogP contribution in [0.1, 0.15) is 32.6 Å². The van der Waals surface area contributed by atoms with Crippen molar-refractivity contribution in [2.45, 2.75) is 48.9 Å². The first-order valence-electron chi connectivity index (χ1n) is 11.2. The number of likely N-dealkylation sites (tertiary alicyclic amines) is 2. The van der Waals surface area contributed by atoms with Crippen LogP contribution in [0.3, 0.4) is 0 Å². The van der Waals surface area contributed by atoms with E-state index < -0.39 is 22.1 Å². The fraction of sp³-hybridized carbons (Fsp3) is 0.478. The maximum absolute atomic E-state index is 13.0. The summed E-state index contributed by atoms with van der Waals surface area (Å²) >= 11 is 1.14. The number of methoxy groups -OCH3 is 1. The maximum Gasteiger partial charge on any atom is 0.250 e. The van der Waals surface area contributed by atoms with Crippen LogP contribution in [0.2, 0.25) is 0 Å². The van der Waals surface area contributed by atoms with E-state index in [0.717, 1.165) is 54.1 Å². The molecule has 1 unspecified atom stereocenters. The third-order valence-electron chi connectivity index (χ3n) is 6.23. The van der Waals surface area contributed by atoms with Gasteiger partial charge in [0.1, 0.15) is 22.0 Å². The molecule has 2 amide bonds. The molecule has 4 rings (SSSR count). The Balaban J connectivity index is 1.43. The van der Waals surface area contributed by atoms with Crippen LogP contribution in [0.25, 0.3) is 10.4 Å².